The molecule has 0 unspecified atom stereocenters. The summed E-state index contributed by atoms with van der Waals surface area (Å²) in [6.07, 6.45) is 3.63. The number of nitrogens with zero attached hydrogens (tertiary/aromatic N) is 2. The Kier molecular flexibility index (Phi) is 3.91. The number of amides is 1. The van der Waals surface area contributed by atoms with Crippen molar-refractivity contribution in [3.63, 3.8) is 0 Å². The van der Waals surface area contributed by atoms with Gasteiger partial charge in [-0.2, -0.15) is 0 Å². The first kappa shape index (κ1) is 13.0. The molecule has 0 spiro atoms. The third-order valence-electron chi connectivity index (χ3n) is 3.54. The third kappa shape index (κ3) is 2.51. The number of carbonyl (C=O) groups is 1. The normalized spacial score (nSPS) is 16.8. The zero-order valence-electron chi connectivity index (χ0n) is 11.1. The maximum Gasteiger partial charge on any atom is 0.270 e. The average molecular weight is 251 g/mol. The van der Waals surface area contributed by atoms with Gasteiger partial charge in [0.25, 0.3) is 5.91 Å². The second-order valence-electron chi connectivity index (χ2n) is 4.70. The van der Waals surface area contributed by atoms with Crippen LogP contribution in [0.5, 0.6) is 0 Å². The zero-order valence-corrected chi connectivity index (χ0v) is 11.1. The van der Waals surface area contributed by atoms with Crippen LogP contribution in [-0.2, 0) is 11.3 Å². The van der Waals surface area contributed by atoms with Gasteiger partial charge in [-0.05, 0) is 25.8 Å². The highest BCUT2D eigenvalue weighted by Gasteiger charge is 2.25. The number of nitrogens with two attached hydrogens (primary N) is 1. The van der Waals surface area contributed by atoms with E-state index in [1.807, 2.05) is 29.6 Å². The summed E-state index contributed by atoms with van der Waals surface area (Å²) in [5, 5.41) is 0. The SMILES string of the molecule is CCn1cc(N)cc1C(=O)N(C)C1CCOCC1. The Morgan fingerprint density at radius 1 is 1.56 bits per heavy atom. The van der Waals surface area contributed by atoms with E-state index in [1.165, 1.54) is 0 Å². The van der Waals surface area contributed by atoms with Crippen molar-refractivity contribution in [1.82, 2.24) is 9.47 Å². The first-order valence-electron chi connectivity index (χ1n) is 6.44. The van der Waals surface area contributed by atoms with Gasteiger partial charge in [0.2, 0.25) is 0 Å². The molecule has 2 rings (SSSR count). The summed E-state index contributed by atoms with van der Waals surface area (Å²) in [4.78, 5) is 14.3. The van der Waals surface area contributed by atoms with Crippen LogP contribution in [0.25, 0.3) is 0 Å². The Morgan fingerprint density at radius 2 is 2.22 bits per heavy atom. The lowest BCUT2D eigenvalue weighted by atomic mass is 10.1. The fourth-order valence-electron chi connectivity index (χ4n) is 2.39. The molecule has 1 saturated heterocycles. The molecule has 2 heterocycles. The summed E-state index contributed by atoms with van der Waals surface area (Å²) in [5.74, 6) is 0.0421. The van der Waals surface area contributed by atoms with Gasteiger partial charge in [0.1, 0.15) is 5.69 Å². The molecule has 1 aromatic heterocycles. The number of aryl methyl sites for hydroxylation is 1. The van der Waals surface area contributed by atoms with Crippen molar-refractivity contribution in [1.29, 1.82) is 0 Å². The molecule has 0 saturated carbocycles. The van der Waals surface area contributed by atoms with E-state index in [0.29, 0.717) is 11.4 Å². The maximum absolute atomic E-state index is 12.4. The van der Waals surface area contributed by atoms with Crippen molar-refractivity contribution in [2.24, 2.45) is 0 Å². The zero-order chi connectivity index (χ0) is 13.1. The van der Waals surface area contributed by atoms with Crippen LogP contribution >= 0.6 is 0 Å². The number of hydrogen-bond donors (Lipinski definition) is 1. The lowest BCUT2D eigenvalue weighted by molar-refractivity contribution is 0.0356. The molecule has 1 aliphatic heterocycles. The third-order valence-corrected chi connectivity index (χ3v) is 3.54. The standard InChI is InChI=1S/C13H21N3O2/c1-3-16-9-10(14)8-12(16)13(17)15(2)11-4-6-18-7-5-11/h8-9,11H,3-7,14H2,1-2H3. The molecule has 0 atom stereocenters. The van der Waals surface area contributed by atoms with E-state index in [1.54, 1.807) is 6.07 Å². The van der Waals surface area contributed by atoms with Crippen LogP contribution in [0.1, 0.15) is 30.3 Å². The van der Waals surface area contributed by atoms with E-state index in [2.05, 4.69) is 0 Å². The summed E-state index contributed by atoms with van der Waals surface area (Å²) >= 11 is 0. The van der Waals surface area contributed by atoms with Crippen LogP contribution in [0.2, 0.25) is 0 Å². The lowest BCUT2D eigenvalue weighted by Crippen LogP contribution is -2.41. The predicted octanol–water partition coefficient (Wildman–Crippen LogP) is 1.34. The molecular formula is C13H21N3O2. The highest BCUT2D eigenvalue weighted by molar-refractivity contribution is 5.93. The average Bonchev–Trinajstić information content (AvgIpc) is 2.79. The molecular weight excluding hydrogens is 230 g/mol. The lowest BCUT2D eigenvalue weighted by Gasteiger charge is -2.31. The van der Waals surface area contributed by atoms with Gasteiger partial charge in [0, 0.05) is 39.0 Å². The number of ether oxygens (including phenoxy) is 1. The van der Waals surface area contributed by atoms with Gasteiger partial charge < -0.3 is 19.9 Å². The molecule has 0 radical (unpaired) electrons. The fourth-order valence-corrected chi connectivity index (χ4v) is 2.39. The van der Waals surface area contributed by atoms with Crippen LogP contribution in [0.15, 0.2) is 12.3 Å². The van der Waals surface area contributed by atoms with Gasteiger partial charge in [0.15, 0.2) is 0 Å². The van der Waals surface area contributed by atoms with Crippen molar-refractivity contribution in [3.05, 3.63) is 18.0 Å². The quantitative estimate of drug-likeness (QED) is 0.882. The Balaban J connectivity index is 2.13. The van der Waals surface area contributed by atoms with E-state index < -0.39 is 0 Å². The highest BCUT2D eigenvalue weighted by atomic mass is 16.5. The van der Waals surface area contributed by atoms with E-state index in [-0.39, 0.29) is 11.9 Å². The summed E-state index contributed by atoms with van der Waals surface area (Å²) in [5.41, 5.74) is 7.07. The molecule has 5 nitrogen and oxygen atoms in total. The molecule has 1 amide bonds. The summed E-state index contributed by atoms with van der Waals surface area (Å²) < 4.78 is 7.22. The van der Waals surface area contributed by atoms with E-state index >= 15 is 0 Å². The van der Waals surface area contributed by atoms with Crippen molar-refractivity contribution in [2.75, 3.05) is 26.0 Å². The smallest absolute Gasteiger partial charge is 0.270 e. The maximum atomic E-state index is 12.4. The van der Waals surface area contributed by atoms with Crippen molar-refractivity contribution in [3.8, 4) is 0 Å². The number of anilines is 1. The topological polar surface area (TPSA) is 60.5 Å². The molecule has 0 aromatic carbocycles. The molecule has 1 fully saturated rings. The molecule has 5 heteroatoms. The summed E-state index contributed by atoms with van der Waals surface area (Å²) in [7, 11) is 1.86. The van der Waals surface area contributed by atoms with Crippen molar-refractivity contribution in [2.45, 2.75) is 32.4 Å². The first-order chi connectivity index (χ1) is 8.63. The Bertz CT molecular complexity index is 422. The number of rotatable bonds is 3. The first-order valence-corrected chi connectivity index (χ1v) is 6.44. The number of carbonyl (C=O) groups excluding carboxylic acids is 1. The Hall–Kier alpha value is -1.49. The molecule has 1 aromatic rings. The van der Waals surface area contributed by atoms with Crippen LogP contribution in [0, 0.1) is 0 Å². The molecule has 2 N–H and O–H groups in total. The van der Waals surface area contributed by atoms with Crippen LogP contribution < -0.4 is 5.73 Å². The van der Waals surface area contributed by atoms with E-state index in [4.69, 9.17) is 10.5 Å². The number of aromatic nitrogens is 1. The van der Waals surface area contributed by atoms with Crippen LogP contribution in [0.4, 0.5) is 5.69 Å². The second-order valence-corrected chi connectivity index (χ2v) is 4.70. The van der Waals surface area contributed by atoms with Gasteiger partial charge >= 0.3 is 0 Å². The van der Waals surface area contributed by atoms with Gasteiger partial charge in [0.05, 0.1) is 5.69 Å². The Labute approximate surface area is 108 Å². The minimum Gasteiger partial charge on any atom is -0.397 e. The Morgan fingerprint density at radius 3 is 2.83 bits per heavy atom. The highest BCUT2D eigenvalue weighted by Crippen LogP contribution is 2.18. The van der Waals surface area contributed by atoms with Gasteiger partial charge in [-0.1, -0.05) is 0 Å². The minimum atomic E-state index is 0.0421. The molecule has 0 bridgehead atoms. The predicted molar refractivity (Wildman–Crippen MR) is 70.5 cm³/mol. The van der Waals surface area contributed by atoms with Gasteiger partial charge in [-0.15, -0.1) is 0 Å². The number of hydrogen-bond acceptors (Lipinski definition) is 3. The molecule has 100 valence electrons. The second kappa shape index (κ2) is 5.44. The van der Waals surface area contributed by atoms with E-state index in [0.717, 1.165) is 32.6 Å². The minimum absolute atomic E-state index is 0.0421. The molecule has 1 aliphatic rings. The van der Waals surface area contributed by atoms with Crippen molar-refractivity contribution < 1.29 is 9.53 Å². The van der Waals surface area contributed by atoms with Gasteiger partial charge in [-0.25, -0.2) is 0 Å². The summed E-state index contributed by atoms with van der Waals surface area (Å²) in [6.45, 7) is 4.23. The summed E-state index contributed by atoms with van der Waals surface area (Å²) in [6, 6.07) is 2.02. The fraction of sp³-hybridized carbons (Fsp3) is 0.615. The van der Waals surface area contributed by atoms with E-state index in [9.17, 15) is 4.79 Å². The van der Waals surface area contributed by atoms with Crippen LogP contribution in [-0.4, -0.2) is 41.7 Å². The van der Waals surface area contributed by atoms with Crippen LogP contribution in [0.3, 0.4) is 0 Å². The number of nitrogen functional groups attached to an aromatic ring is 1. The van der Waals surface area contributed by atoms with Gasteiger partial charge in [-0.3, -0.25) is 4.79 Å². The largest absolute Gasteiger partial charge is 0.397 e. The molecule has 18 heavy (non-hydrogen) atoms. The molecule has 0 aliphatic carbocycles. The monoisotopic (exact) mass is 251 g/mol. The van der Waals surface area contributed by atoms with Crippen molar-refractivity contribution >= 4 is 11.6 Å².